The van der Waals surface area contributed by atoms with Gasteiger partial charge in [0, 0.05) is 23.4 Å². The largest absolute Gasteiger partial charge is 0.482 e. The molecule has 2 aromatic rings. The van der Waals surface area contributed by atoms with Gasteiger partial charge in [-0.05, 0) is 39.7 Å². The Hall–Kier alpha value is -1.76. The number of hydrogen-bond acceptors (Lipinski definition) is 3. The summed E-state index contributed by atoms with van der Waals surface area (Å²) in [6.45, 7) is -0.886. The van der Waals surface area contributed by atoms with E-state index in [-0.39, 0.29) is 5.75 Å². The van der Waals surface area contributed by atoms with Crippen LogP contribution in [0.25, 0.3) is 0 Å². The number of nitrogens with one attached hydrogen (secondary N) is 1. The number of rotatable bonds is 5. The number of pyridine rings is 1. The van der Waals surface area contributed by atoms with E-state index in [4.69, 9.17) is 4.74 Å². The normalized spacial score (nSPS) is 11.2. The zero-order valence-corrected chi connectivity index (χ0v) is 12.4. The molecule has 1 heterocycles. The zero-order valence-electron chi connectivity index (χ0n) is 10.8. The lowest BCUT2D eigenvalue weighted by atomic mass is 10.2. The topological polar surface area (TPSA) is 34.1 Å². The molecule has 0 bridgehead atoms. The Kier molecular flexibility index (Phi) is 5.06. The van der Waals surface area contributed by atoms with E-state index in [1.54, 1.807) is 30.6 Å². The Balaban J connectivity index is 2.03. The van der Waals surface area contributed by atoms with E-state index in [1.807, 2.05) is 6.07 Å². The maximum atomic E-state index is 12.2. The summed E-state index contributed by atoms with van der Waals surface area (Å²) in [6.07, 6.45) is -1.03. The highest BCUT2D eigenvalue weighted by Crippen LogP contribution is 2.26. The summed E-state index contributed by atoms with van der Waals surface area (Å²) in [7, 11) is 0. The van der Waals surface area contributed by atoms with Crippen molar-refractivity contribution in [2.24, 2.45) is 0 Å². The van der Waals surface area contributed by atoms with Crippen LogP contribution in [0.15, 0.2) is 47.2 Å². The molecule has 112 valence electrons. The Labute approximate surface area is 128 Å². The number of para-hydroxylation sites is 2. The quantitative estimate of drug-likeness (QED) is 0.858. The van der Waals surface area contributed by atoms with Crippen molar-refractivity contribution < 1.29 is 17.9 Å². The summed E-state index contributed by atoms with van der Waals surface area (Å²) < 4.78 is 42.3. The second-order valence-electron chi connectivity index (χ2n) is 4.26. The predicted molar refractivity (Wildman–Crippen MR) is 77.3 cm³/mol. The molecule has 0 aliphatic carbocycles. The monoisotopic (exact) mass is 360 g/mol. The van der Waals surface area contributed by atoms with Gasteiger partial charge in [-0.1, -0.05) is 12.1 Å². The Bertz CT molecular complexity index is 605. The van der Waals surface area contributed by atoms with Crippen LogP contribution in [0.1, 0.15) is 5.56 Å². The van der Waals surface area contributed by atoms with Gasteiger partial charge in [-0.15, -0.1) is 0 Å². The van der Waals surface area contributed by atoms with Crippen LogP contribution in [-0.4, -0.2) is 17.8 Å². The van der Waals surface area contributed by atoms with Gasteiger partial charge in [0.15, 0.2) is 6.61 Å². The molecule has 0 atom stereocenters. The van der Waals surface area contributed by atoms with Crippen LogP contribution in [0.5, 0.6) is 5.75 Å². The van der Waals surface area contributed by atoms with Crippen molar-refractivity contribution in [3.8, 4) is 5.75 Å². The van der Waals surface area contributed by atoms with Crippen molar-refractivity contribution >= 4 is 21.6 Å². The van der Waals surface area contributed by atoms with E-state index in [2.05, 4.69) is 26.2 Å². The third-order valence-corrected chi connectivity index (χ3v) is 2.96. The van der Waals surface area contributed by atoms with Gasteiger partial charge in [-0.25, -0.2) is 0 Å². The summed E-state index contributed by atoms with van der Waals surface area (Å²) in [6, 6.07) is 8.38. The van der Waals surface area contributed by atoms with E-state index >= 15 is 0 Å². The first-order chi connectivity index (χ1) is 9.94. The van der Waals surface area contributed by atoms with Crippen LogP contribution in [0, 0.1) is 0 Å². The van der Waals surface area contributed by atoms with Gasteiger partial charge in [0.2, 0.25) is 0 Å². The van der Waals surface area contributed by atoms with E-state index < -0.39 is 12.8 Å². The molecular weight excluding hydrogens is 349 g/mol. The fourth-order valence-corrected chi connectivity index (χ4v) is 2.06. The minimum Gasteiger partial charge on any atom is -0.482 e. The molecule has 0 saturated carbocycles. The Morgan fingerprint density at radius 2 is 1.95 bits per heavy atom. The van der Waals surface area contributed by atoms with Gasteiger partial charge in [-0.2, -0.15) is 13.2 Å². The molecule has 2 rings (SSSR count). The minimum absolute atomic E-state index is 0.165. The van der Waals surface area contributed by atoms with Crippen LogP contribution >= 0.6 is 15.9 Å². The summed E-state index contributed by atoms with van der Waals surface area (Å²) in [5.74, 6) is 0.165. The van der Waals surface area contributed by atoms with E-state index in [0.29, 0.717) is 12.2 Å². The van der Waals surface area contributed by atoms with Crippen LogP contribution < -0.4 is 10.1 Å². The lowest BCUT2D eigenvalue weighted by Crippen LogP contribution is -2.19. The molecule has 0 spiro atoms. The van der Waals surface area contributed by atoms with E-state index in [1.165, 1.54) is 6.07 Å². The number of halogens is 4. The third-order valence-electron chi connectivity index (χ3n) is 2.52. The molecule has 3 nitrogen and oxygen atoms in total. The number of anilines is 1. The van der Waals surface area contributed by atoms with Crippen molar-refractivity contribution in [2.75, 3.05) is 11.9 Å². The molecule has 0 aliphatic rings. The van der Waals surface area contributed by atoms with Gasteiger partial charge in [-0.3, -0.25) is 4.98 Å². The summed E-state index contributed by atoms with van der Waals surface area (Å²) in [5, 5.41) is 3.04. The molecule has 1 N–H and O–H groups in total. The van der Waals surface area contributed by atoms with Crippen LogP contribution in [0.3, 0.4) is 0 Å². The number of hydrogen-bond donors (Lipinski definition) is 1. The maximum absolute atomic E-state index is 12.2. The van der Waals surface area contributed by atoms with Gasteiger partial charge < -0.3 is 10.1 Å². The summed E-state index contributed by atoms with van der Waals surface area (Å²) >= 11 is 3.31. The Morgan fingerprint density at radius 1 is 1.19 bits per heavy atom. The molecule has 21 heavy (non-hydrogen) atoms. The number of alkyl halides is 3. The second-order valence-corrected chi connectivity index (χ2v) is 5.18. The lowest BCUT2D eigenvalue weighted by molar-refractivity contribution is -0.153. The fourth-order valence-electron chi connectivity index (χ4n) is 1.65. The fraction of sp³-hybridized carbons (Fsp3) is 0.214. The van der Waals surface area contributed by atoms with Gasteiger partial charge >= 0.3 is 6.18 Å². The van der Waals surface area contributed by atoms with Gasteiger partial charge in [0.05, 0.1) is 5.69 Å². The molecule has 0 unspecified atom stereocenters. The molecule has 0 aliphatic heterocycles. The van der Waals surface area contributed by atoms with Gasteiger partial charge in [0.1, 0.15) is 5.75 Å². The van der Waals surface area contributed by atoms with E-state index in [9.17, 15) is 13.2 Å². The Morgan fingerprint density at radius 3 is 2.67 bits per heavy atom. The molecular formula is C14H12BrF3N2O. The molecule has 1 aromatic carbocycles. The van der Waals surface area contributed by atoms with Crippen molar-refractivity contribution in [2.45, 2.75) is 12.7 Å². The highest BCUT2D eigenvalue weighted by atomic mass is 79.9. The first-order valence-electron chi connectivity index (χ1n) is 6.06. The van der Waals surface area contributed by atoms with Crippen LogP contribution in [0.4, 0.5) is 18.9 Å². The third kappa shape index (κ3) is 5.26. The first-order valence-corrected chi connectivity index (χ1v) is 6.85. The van der Waals surface area contributed by atoms with Crippen molar-refractivity contribution in [1.82, 2.24) is 4.98 Å². The average molecular weight is 361 g/mol. The predicted octanol–water partition coefficient (Wildman–Crippen LogP) is 4.40. The molecule has 0 saturated heterocycles. The number of ether oxygens (including phenoxy) is 1. The minimum atomic E-state index is -4.36. The van der Waals surface area contributed by atoms with Crippen LogP contribution in [0.2, 0.25) is 0 Å². The highest BCUT2D eigenvalue weighted by Gasteiger charge is 2.28. The molecule has 0 fully saturated rings. The number of aromatic nitrogens is 1. The summed E-state index contributed by atoms with van der Waals surface area (Å²) in [5.41, 5.74) is 1.40. The van der Waals surface area contributed by atoms with Gasteiger partial charge in [0.25, 0.3) is 0 Å². The molecule has 0 amide bonds. The molecule has 1 aromatic heterocycles. The molecule has 7 heteroatoms. The lowest BCUT2D eigenvalue weighted by Gasteiger charge is -2.14. The zero-order chi connectivity index (χ0) is 15.3. The maximum Gasteiger partial charge on any atom is 0.422 e. The second kappa shape index (κ2) is 6.80. The molecule has 0 radical (unpaired) electrons. The first kappa shape index (κ1) is 15.6. The van der Waals surface area contributed by atoms with Crippen molar-refractivity contribution in [3.63, 3.8) is 0 Å². The van der Waals surface area contributed by atoms with Crippen LogP contribution in [-0.2, 0) is 6.54 Å². The van der Waals surface area contributed by atoms with Crippen molar-refractivity contribution in [1.29, 1.82) is 0 Å². The SMILES string of the molecule is FC(F)(F)COc1ccccc1NCc1cncc(Br)c1. The number of benzene rings is 1. The average Bonchev–Trinajstić information content (AvgIpc) is 2.43. The smallest absolute Gasteiger partial charge is 0.422 e. The summed E-state index contributed by atoms with van der Waals surface area (Å²) in [4.78, 5) is 4.02. The van der Waals surface area contributed by atoms with Crippen molar-refractivity contribution in [3.05, 3.63) is 52.8 Å². The van der Waals surface area contributed by atoms with E-state index in [0.717, 1.165) is 10.0 Å². The highest BCUT2D eigenvalue weighted by molar-refractivity contribution is 9.10. The standard InChI is InChI=1S/C14H12BrF3N2O/c15-11-5-10(6-19-8-11)7-20-12-3-1-2-4-13(12)21-9-14(16,17)18/h1-6,8,20H,7,9H2. The number of nitrogens with zero attached hydrogens (tertiary/aromatic N) is 1.